The minimum absolute atomic E-state index is 0.149. The molecule has 0 spiro atoms. The zero-order chi connectivity index (χ0) is 19.1. The Kier molecular flexibility index (Phi) is 4.95. The molecule has 0 aromatic heterocycles. The topological polar surface area (TPSA) is 127 Å². The number of carbonyl (C=O) groups is 3. The van der Waals surface area contributed by atoms with Crippen molar-refractivity contribution in [3.8, 4) is 0 Å². The fourth-order valence-electron chi connectivity index (χ4n) is 3.11. The van der Waals surface area contributed by atoms with Crippen molar-refractivity contribution in [2.75, 3.05) is 26.1 Å². The number of hydrogen-bond donors (Lipinski definition) is 2. The number of thioether (sulfide) groups is 1. The van der Waals surface area contributed by atoms with Gasteiger partial charge in [-0.05, 0) is 12.5 Å². The van der Waals surface area contributed by atoms with E-state index in [0.29, 0.717) is 24.5 Å². The summed E-state index contributed by atoms with van der Waals surface area (Å²) in [6.07, 6.45) is 0. The molecule has 0 aromatic carbocycles. The van der Waals surface area contributed by atoms with Gasteiger partial charge in [-0.2, -0.15) is 0 Å². The Morgan fingerprint density at radius 1 is 1.46 bits per heavy atom. The number of amides is 2. The fraction of sp³-hybridized carbons (Fsp3) is 0.600. The summed E-state index contributed by atoms with van der Waals surface area (Å²) in [5, 5.41) is 15.1. The molecule has 3 aliphatic heterocycles. The van der Waals surface area contributed by atoms with Crippen molar-refractivity contribution in [2.24, 2.45) is 5.16 Å². The minimum Gasteiger partial charge on any atom is -0.479 e. The first-order valence-corrected chi connectivity index (χ1v) is 8.89. The number of fused-ring (bicyclic) bond motifs is 1. The molecule has 3 atom stereocenters. The molecule has 3 fully saturated rings. The Hall–Kier alpha value is -2.11. The molecule has 0 aromatic rings. The van der Waals surface area contributed by atoms with Gasteiger partial charge in [0.25, 0.3) is 5.91 Å². The predicted octanol–water partition coefficient (Wildman–Crippen LogP) is -0.839. The van der Waals surface area contributed by atoms with Gasteiger partial charge in [-0.25, -0.2) is 4.79 Å². The van der Waals surface area contributed by atoms with Crippen molar-refractivity contribution in [3.05, 3.63) is 12.2 Å². The zero-order valence-electron chi connectivity index (χ0n) is 14.3. The van der Waals surface area contributed by atoms with Crippen LogP contribution in [-0.4, -0.2) is 82.8 Å². The van der Waals surface area contributed by atoms with Crippen molar-refractivity contribution in [1.82, 2.24) is 10.2 Å². The molecule has 2 N–H and O–H groups in total. The number of nitrogens with zero attached hydrogens (tertiary/aromatic N) is 2. The lowest BCUT2D eigenvalue weighted by Crippen LogP contribution is -2.75. The summed E-state index contributed by atoms with van der Waals surface area (Å²) in [6, 6.07) is -1.94. The molecule has 3 aliphatic rings. The van der Waals surface area contributed by atoms with Crippen LogP contribution in [0.4, 0.5) is 0 Å². The van der Waals surface area contributed by atoms with Crippen molar-refractivity contribution in [2.45, 2.75) is 30.2 Å². The highest BCUT2D eigenvalue weighted by atomic mass is 32.2. The molecule has 2 amide bonds. The predicted molar refractivity (Wildman–Crippen MR) is 90.3 cm³/mol. The SMILES string of the molecule is C=C1CS[C@@H]2C(NC(=O)C(=NOC)C3(C)OCCO3)C(=O)N2C1C(=O)O. The first-order valence-electron chi connectivity index (χ1n) is 7.85. The van der Waals surface area contributed by atoms with E-state index >= 15 is 0 Å². The van der Waals surface area contributed by atoms with Crippen LogP contribution in [0.5, 0.6) is 0 Å². The van der Waals surface area contributed by atoms with Crippen LogP contribution < -0.4 is 5.32 Å². The summed E-state index contributed by atoms with van der Waals surface area (Å²) in [5.74, 6) is -3.28. The minimum atomic E-state index is -1.37. The van der Waals surface area contributed by atoms with Gasteiger partial charge in [-0.15, -0.1) is 11.8 Å². The number of rotatable bonds is 5. The van der Waals surface area contributed by atoms with Crippen LogP contribution in [0.15, 0.2) is 17.3 Å². The molecule has 0 bridgehead atoms. The van der Waals surface area contributed by atoms with Crippen molar-refractivity contribution in [1.29, 1.82) is 0 Å². The third-order valence-corrected chi connectivity index (χ3v) is 5.75. The largest absolute Gasteiger partial charge is 0.479 e. The number of ether oxygens (including phenoxy) is 2. The van der Waals surface area contributed by atoms with E-state index in [2.05, 4.69) is 17.1 Å². The van der Waals surface area contributed by atoms with Crippen LogP contribution in [0.2, 0.25) is 0 Å². The maximum atomic E-state index is 12.6. The van der Waals surface area contributed by atoms with Crippen molar-refractivity contribution in [3.63, 3.8) is 0 Å². The number of carbonyl (C=O) groups excluding carboxylic acids is 2. The van der Waals surface area contributed by atoms with Gasteiger partial charge in [0.2, 0.25) is 17.4 Å². The standard InChI is InChI=1S/C15H19N3O7S/c1-7-6-26-13-8(12(20)18(13)9(7)14(21)22)16-11(19)10(17-23-3)15(2)24-4-5-25-15/h8-9,13H,1,4-6H2,2-3H3,(H,16,19)(H,21,22)/t8?,9?,13-/m1/s1. The maximum absolute atomic E-state index is 12.6. The number of β-lactam (4-membered cyclic amide) rings is 1. The molecular weight excluding hydrogens is 366 g/mol. The lowest BCUT2D eigenvalue weighted by atomic mass is 9.98. The van der Waals surface area contributed by atoms with Gasteiger partial charge in [0.15, 0.2) is 6.04 Å². The van der Waals surface area contributed by atoms with E-state index in [4.69, 9.17) is 14.3 Å². The highest BCUT2D eigenvalue weighted by Crippen LogP contribution is 2.40. The number of oxime groups is 1. The normalized spacial score (nSPS) is 30.5. The van der Waals surface area contributed by atoms with Crippen LogP contribution in [0.25, 0.3) is 0 Å². The Morgan fingerprint density at radius 2 is 2.12 bits per heavy atom. The van der Waals surface area contributed by atoms with E-state index in [-0.39, 0.29) is 5.71 Å². The van der Waals surface area contributed by atoms with Crippen molar-refractivity contribution < 1.29 is 33.8 Å². The van der Waals surface area contributed by atoms with Gasteiger partial charge in [0.1, 0.15) is 18.5 Å². The number of hydrogen-bond acceptors (Lipinski definition) is 8. The lowest BCUT2D eigenvalue weighted by molar-refractivity contribution is -0.160. The summed E-state index contributed by atoms with van der Waals surface area (Å²) in [5.41, 5.74) is 0.294. The maximum Gasteiger partial charge on any atom is 0.330 e. The van der Waals surface area contributed by atoms with Crippen molar-refractivity contribution >= 4 is 35.3 Å². The highest BCUT2D eigenvalue weighted by Gasteiger charge is 2.57. The van der Waals surface area contributed by atoms with E-state index in [0.717, 1.165) is 0 Å². The van der Waals surface area contributed by atoms with Gasteiger partial charge >= 0.3 is 5.97 Å². The summed E-state index contributed by atoms with van der Waals surface area (Å²) >= 11 is 1.35. The van der Waals surface area contributed by atoms with Gasteiger partial charge < -0.3 is 29.6 Å². The van der Waals surface area contributed by atoms with E-state index in [9.17, 15) is 19.5 Å². The first kappa shape index (κ1) is 18.7. The van der Waals surface area contributed by atoms with E-state index < -0.39 is 41.0 Å². The highest BCUT2D eigenvalue weighted by molar-refractivity contribution is 8.00. The summed E-state index contributed by atoms with van der Waals surface area (Å²) < 4.78 is 10.8. The van der Waals surface area contributed by atoms with Crippen LogP contribution in [-0.2, 0) is 28.7 Å². The number of aliphatic carboxylic acids is 1. The molecule has 3 saturated heterocycles. The first-order chi connectivity index (χ1) is 12.3. The molecule has 11 heteroatoms. The van der Waals surface area contributed by atoms with Crippen LogP contribution >= 0.6 is 11.8 Å². The molecule has 10 nitrogen and oxygen atoms in total. The molecule has 3 rings (SSSR count). The third kappa shape index (κ3) is 2.95. The smallest absolute Gasteiger partial charge is 0.330 e. The van der Waals surface area contributed by atoms with Gasteiger partial charge in [-0.1, -0.05) is 11.7 Å². The Bertz CT molecular complexity index is 689. The second-order valence-electron chi connectivity index (χ2n) is 6.06. The van der Waals surface area contributed by atoms with E-state index in [1.165, 1.54) is 30.7 Å². The Morgan fingerprint density at radius 3 is 2.69 bits per heavy atom. The molecule has 0 radical (unpaired) electrons. The van der Waals surface area contributed by atoms with Crippen LogP contribution in [0.3, 0.4) is 0 Å². The summed E-state index contributed by atoms with van der Waals surface area (Å²) in [7, 11) is 1.28. The monoisotopic (exact) mass is 385 g/mol. The van der Waals surface area contributed by atoms with Crippen LogP contribution in [0.1, 0.15) is 6.92 Å². The van der Waals surface area contributed by atoms with E-state index in [1.54, 1.807) is 0 Å². The lowest BCUT2D eigenvalue weighted by Gasteiger charge is -2.52. The molecule has 142 valence electrons. The van der Waals surface area contributed by atoms with Gasteiger partial charge in [0.05, 0.1) is 13.2 Å². The average molecular weight is 385 g/mol. The Balaban J connectivity index is 1.74. The van der Waals surface area contributed by atoms with E-state index in [1.807, 2.05) is 0 Å². The quantitative estimate of drug-likeness (QED) is 0.272. The number of nitrogens with one attached hydrogen (secondary N) is 1. The average Bonchev–Trinajstić information content (AvgIpc) is 3.04. The molecule has 3 heterocycles. The van der Waals surface area contributed by atoms with Crippen LogP contribution in [0, 0.1) is 0 Å². The zero-order valence-corrected chi connectivity index (χ0v) is 15.1. The Labute approximate surface area is 153 Å². The van der Waals surface area contributed by atoms with Gasteiger partial charge in [0, 0.05) is 5.75 Å². The van der Waals surface area contributed by atoms with Gasteiger partial charge in [-0.3, -0.25) is 9.59 Å². The molecule has 0 aliphatic carbocycles. The third-order valence-electron chi connectivity index (χ3n) is 4.37. The number of carboxylic acid groups (broad SMARTS) is 1. The fourth-order valence-corrected chi connectivity index (χ4v) is 4.42. The second kappa shape index (κ2) is 6.89. The number of carboxylic acids is 1. The second-order valence-corrected chi connectivity index (χ2v) is 7.17. The summed E-state index contributed by atoms with van der Waals surface area (Å²) in [4.78, 5) is 42.4. The molecular formula is C15H19N3O7S. The molecule has 2 unspecified atom stereocenters. The molecule has 0 saturated carbocycles. The molecule has 26 heavy (non-hydrogen) atoms. The summed E-state index contributed by atoms with van der Waals surface area (Å²) in [6.45, 7) is 5.84.